The van der Waals surface area contributed by atoms with E-state index in [1.54, 1.807) is 18.0 Å². The summed E-state index contributed by atoms with van der Waals surface area (Å²) in [6.45, 7) is 1.27. The number of hydrogen-bond donors (Lipinski definition) is 1. The van der Waals surface area contributed by atoms with E-state index in [4.69, 9.17) is 5.11 Å². The smallest absolute Gasteiger partial charge is 0.407 e. The van der Waals surface area contributed by atoms with Gasteiger partial charge >= 0.3 is 6.09 Å². The van der Waals surface area contributed by atoms with Crippen LogP contribution in [-0.4, -0.2) is 44.0 Å². The minimum Gasteiger partial charge on any atom is -0.465 e. The van der Waals surface area contributed by atoms with Crippen molar-refractivity contribution in [1.29, 1.82) is 0 Å². The van der Waals surface area contributed by atoms with Gasteiger partial charge < -0.3 is 14.6 Å². The summed E-state index contributed by atoms with van der Waals surface area (Å²) in [5.74, 6) is 0. The molecule has 0 unspecified atom stereocenters. The van der Waals surface area contributed by atoms with Gasteiger partial charge in [-0.05, 0) is 12.8 Å². The van der Waals surface area contributed by atoms with Gasteiger partial charge in [-0.15, -0.1) is 0 Å². The Labute approximate surface area is 98.5 Å². The quantitative estimate of drug-likeness (QED) is 0.855. The average molecular weight is 241 g/mol. The van der Waals surface area contributed by atoms with E-state index in [-0.39, 0.29) is 0 Å². The van der Waals surface area contributed by atoms with Crippen LogP contribution in [0.4, 0.5) is 4.79 Å². The minimum absolute atomic E-state index is 0.483. The molecule has 0 atom stereocenters. The van der Waals surface area contributed by atoms with E-state index in [1.807, 2.05) is 17.8 Å². The number of hydrogen-bond acceptors (Lipinski definition) is 3. The summed E-state index contributed by atoms with van der Waals surface area (Å²) in [6.07, 6.45) is 4.72. The van der Waals surface area contributed by atoms with E-state index >= 15 is 0 Å². The molecule has 0 spiro atoms. The Kier molecular flexibility index (Phi) is 3.38. The van der Waals surface area contributed by atoms with Gasteiger partial charge in [0.25, 0.3) is 0 Å². The lowest BCUT2D eigenvalue weighted by Gasteiger charge is -2.29. The molecular formula is C10H15N3O2S. The van der Waals surface area contributed by atoms with Gasteiger partial charge in [0.2, 0.25) is 0 Å². The fourth-order valence-electron chi connectivity index (χ4n) is 1.78. The first-order valence-corrected chi connectivity index (χ1v) is 6.16. The lowest BCUT2D eigenvalue weighted by molar-refractivity contribution is 0.136. The number of aryl methyl sites for hydroxylation is 1. The highest BCUT2D eigenvalue weighted by atomic mass is 32.2. The van der Waals surface area contributed by atoms with Crippen LogP contribution in [0.2, 0.25) is 0 Å². The lowest BCUT2D eigenvalue weighted by Crippen LogP contribution is -2.38. The second-order valence-electron chi connectivity index (χ2n) is 3.91. The summed E-state index contributed by atoms with van der Waals surface area (Å²) in [7, 11) is 1.97. The fourth-order valence-corrected chi connectivity index (χ4v) is 2.87. The normalized spacial score (nSPS) is 17.7. The molecule has 1 aliphatic rings. The monoisotopic (exact) mass is 241 g/mol. The largest absolute Gasteiger partial charge is 0.465 e. The standard InChI is InChI=1S/C10H15N3O2S/c1-12-7-4-11-9(12)16-8-2-5-13(6-3-8)10(14)15/h4,7-8H,2-3,5-6H2,1H3,(H,14,15). The van der Waals surface area contributed by atoms with Gasteiger partial charge in [-0.1, -0.05) is 11.8 Å². The molecule has 1 amide bonds. The van der Waals surface area contributed by atoms with Crippen LogP contribution in [0.3, 0.4) is 0 Å². The topological polar surface area (TPSA) is 58.4 Å². The van der Waals surface area contributed by atoms with Crippen LogP contribution in [0.15, 0.2) is 17.6 Å². The number of carboxylic acid groups (broad SMARTS) is 1. The summed E-state index contributed by atoms with van der Waals surface area (Å²) in [5, 5.41) is 10.3. The molecule has 6 heteroatoms. The number of piperidine rings is 1. The van der Waals surface area contributed by atoms with Crippen molar-refractivity contribution in [1.82, 2.24) is 14.5 Å². The van der Waals surface area contributed by atoms with Crippen molar-refractivity contribution in [3.05, 3.63) is 12.4 Å². The number of imidazole rings is 1. The molecule has 0 bridgehead atoms. The van der Waals surface area contributed by atoms with E-state index in [1.165, 1.54) is 4.90 Å². The zero-order chi connectivity index (χ0) is 11.5. The Hall–Kier alpha value is -1.17. The molecule has 0 aliphatic carbocycles. The molecular weight excluding hydrogens is 226 g/mol. The summed E-state index contributed by atoms with van der Waals surface area (Å²) < 4.78 is 1.99. The number of amides is 1. The van der Waals surface area contributed by atoms with Gasteiger partial charge in [-0.2, -0.15) is 0 Å². The first-order chi connectivity index (χ1) is 7.66. The molecule has 1 aliphatic heterocycles. The molecule has 2 heterocycles. The molecule has 16 heavy (non-hydrogen) atoms. The maximum absolute atomic E-state index is 10.7. The summed E-state index contributed by atoms with van der Waals surface area (Å²) >= 11 is 1.74. The van der Waals surface area contributed by atoms with Crippen LogP contribution in [0.25, 0.3) is 0 Å². The van der Waals surface area contributed by atoms with Gasteiger partial charge in [-0.3, -0.25) is 0 Å². The van der Waals surface area contributed by atoms with Crippen molar-refractivity contribution in [3.8, 4) is 0 Å². The third-order valence-corrected chi connectivity index (χ3v) is 4.17. The van der Waals surface area contributed by atoms with Crippen LogP contribution in [0.5, 0.6) is 0 Å². The molecule has 0 saturated carbocycles. The first kappa shape index (κ1) is 11.3. The summed E-state index contributed by atoms with van der Waals surface area (Å²) in [5.41, 5.74) is 0. The zero-order valence-corrected chi connectivity index (χ0v) is 9.98. The SMILES string of the molecule is Cn1ccnc1SC1CCN(C(=O)O)CC1. The van der Waals surface area contributed by atoms with Crippen LogP contribution >= 0.6 is 11.8 Å². The maximum atomic E-state index is 10.7. The molecule has 1 aromatic rings. The van der Waals surface area contributed by atoms with E-state index in [9.17, 15) is 4.79 Å². The van der Waals surface area contributed by atoms with Gasteiger partial charge in [0, 0.05) is 37.8 Å². The van der Waals surface area contributed by atoms with Crippen molar-refractivity contribution in [2.24, 2.45) is 7.05 Å². The van der Waals surface area contributed by atoms with E-state index in [0.29, 0.717) is 18.3 Å². The Balaban J connectivity index is 1.86. The van der Waals surface area contributed by atoms with Crippen LogP contribution in [0, 0.1) is 0 Å². The third-order valence-electron chi connectivity index (χ3n) is 2.76. The first-order valence-electron chi connectivity index (χ1n) is 5.28. The van der Waals surface area contributed by atoms with Crippen molar-refractivity contribution in [3.63, 3.8) is 0 Å². The van der Waals surface area contributed by atoms with Gasteiger partial charge in [-0.25, -0.2) is 9.78 Å². The molecule has 1 aromatic heterocycles. The predicted octanol–water partition coefficient (Wildman–Crippen LogP) is 1.65. The second-order valence-corrected chi connectivity index (χ2v) is 5.18. The fraction of sp³-hybridized carbons (Fsp3) is 0.600. The Morgan fingerprint density at radius 1 is 1.56 bits per heavy atom. The molecule has 0 aromatic carbocycles. The zero-order valence-electron chi connectivity index (χ0n) is 9.17. The van der Waals surface area contributed by atoms with Crippen molar-refractivity contribution in [2.75, 3.05) is 13.1 Å². The Morgan fingerprint density at radius 2 is 2.25 bits per heavy atom. The number of likely N-dealkylation sites (tertiary alicyclic amines) is 1. The van der Waals surface area contributed by atoms with Crippen molar-refractivity contribution < 1.29 is 9.90 Å². The maximum Gasteiger partial charge on any atom is 0.407 e. The van der Waals surface area contributed by atoms with Crippen molar-refractivity contribution in [2.45, 2.75) is 23.2 Å². The predicted molar refractivity (Wildman–Crippen MR) is 61.7 cm³/mol. The molecule has 5 nitrogen and oxygen atoms in total. The van der Waals surface area contributed by atoms with Crippen molar-refractivity contribution >= 4 is 17.9 Å². The molecule has 1 saturated heterocycles. The van der Waals surface area contributed by atoms with E-state index in [0.717, 1.165) is 18.0 Å². The molecule has 0 radical (unpaired) electrons. The van der Waals surface area contributed by atoms with Gasteiger partial charge in [0.05, 0.1) is 0 Å². The van der Waals surface area contributed by atoms with Crippen LogP contribution in [-0.2, 0) is 7.05 Å². The number of thioether (sulfide) groups is 1. The molecule has 1 N–H and O–H groups in total. The molecule has 88 valence electrons. The third kappa shape index (κ3) is 2.49. The van der Waals surface area contributed by atoms with Gasteiger partial charge in [0.15, 0.2) is 5.16 Å². The Morgan fingerprint density at radius 3 is 2.75 bits per heavy atom. The molecule has 2 rings (SSSR count). The number of aromatic nitrogens is 2. The van der Waals surface area contributed by atoms with Gasteiger partial charge in [0.1, 0.15) is 0 Å². The number of rotatable bonds is 2. The minimum atomic E-state index is -0.805. The number of nitrogens with zero attached hydrogens (tertiary/aromatic N) is 3. The highest BCUT2D eigenvalue weighted by Crippen LogP contribution is 2.28. The highest BCUT2D eigenvalue weighted by Gasteiger charge is 2.23. The van der Waals surface area contributed by atoms with Crippen LogP contribution in [0.1, 0.15) is 12.8 Å². The number of carbonyl (C=O) groups is 1. The van der Waals surface area contributed by atoms with Crippen LogP contribution < -0.4 is 0 Å². The summed E-state index contributed by atoms with van der Waals surface area (Å²) in [4.78, 5) is 16.5. The average Bonchev–Trinajstić information content (AvgIpc) is 2.65. The highest BCUT2D eigenvalue weighted by molar-refractivity contribution is 7.99. The second kappa shape index (κ2) is 4.78. The molecule has 1 fully saturated rings. The lowest BCUT2D eigenvalue weighted by atomic mass is 10.1. The van der Waals surface area contributed by atoms with E-state index < -0.39 is 6.09 Å². The Bertz CT molecular complexity index is 372. The van der Waals surface area contributed by atoms with E-state index in [2.05, 4.69) is 4.98 Å². The summed E-state index contributed by atoms with van der Waals surface area (Å²) in [6, 6.07) is 0.